The highest BCUT2D eigenvalue weighted by Crippen LogP contribution is 2.37. The summed E-state index contributed by atoms with van der Waals surface area (Å²) in [6.07, 6.45) is 0. The van der Waals surface area contributed by atoms with Gasteiger partial charge in [0.15, 0.2) is 0 Å². The maximum absolute atomic E-state index is 9.96. The Balaban J connectivity index is 2.59. The van der Waals surface area contributed by atoms with Crippen LogP contribution in [0.1, 0.15) is 11.1 Å². The van der Waals surface area contributed by atoms with Gasteiger partial charge in [0.1, 0.15) is 10.2 Å². The van der Waals surface area contributed by atoms with Crippen molar-refractivity contribution in [1.29, 1.82) is 0 Å². The van der Waals surface area contributed by atoms with Gasteiger partial charge in [-0.3, -0.25) is 0 Å². The van der Waals surface area contributed by atoms with Crippen molar-refractivity contribution in [1.82, 2.24) is 0 Å². The molecule has 0 amide bonds. The number of aromatic hydroxyl groups is 1. The number of halogens is 4. The largest absolute Gasteiger partial charge is 0.507 e. The fourth-order valence-corrected chi connectivity index (χ4v) is 2.41. The molecule has 0 aliphatic rings. The van der Waals surface area contributed by atoms with Gasteiger partial charge in [0.05, 0.1) is 0 Å². The molecule has 2 aromatic carbocycles. The average Bonchev–Trinajstić information content (AvgIpc) is 2.34. The molecule has 1 nitrogen and oxygen atoms in total. The van der Waals surface area contributed by atoms with Crippen LogP contribution in [0.3, 0.4) is 0 Å². The molecular formula is C14H8Cl4O. The van der Waals surface area contributed by atoms with E-state index in [-0.39, 0.29) is 10.2 Å². The van der Waals surface area contributed by atoms with Crippen molar-refractivity contribution in [2.75, 3.05) is 0 Å². The van der Waals surface area contributed by atoms with E-state index >= 15 is 0 Å². The summed E-state index contributed by atoms with van der Waals surface area (Å²) in [4.78, 5) is 0. The predicted molar refractivity (Wildman–Crippen MR) is 82.3 cm³/mol. The summed E-state index contributed by atoms with van der Waals surface area (Å²) in [6.45, 7) is 0. The lowest BCUT2D eigenvalue weighted by atomic mass is 9.99. The molecule has 0 fully saturated rings. The van der Waals surface area contributed by atoms with Crippen molar-refractivity contribution in [3.63, 3.8) is 0 Å². The number of hydrogen-bond acceptors (Lipinski definition) is 1. The molecule has 19 heavy (non-hydrogen) atoms. The molecule has 0 unspecified atom stereocenters. The van der Waals surface area contributed by atoms with E-state index < -0.39 is 0 Å². The molecule has 0 aliphatic heterocycles. The zero-order valence-electron chi connectivity index (χ0n) is 9.50. The van der Waals surface area contributed by atoms with E-state index in [1.807, 2.05) is 0 Å². The summed E-state index contributed by atoms with van der Waals surface area (Å²) in [6, 6.07) is 11.7. The van der Waals surface area contributed by atoms with Gasteiger partial charge in [0.25, 0.3) is 0 Å². The summed E-state index contributed by atoms with van der Waals surface area (Å²) in [5.41, 5.74) is 1.78. The molecule has 0 aromatic heterocycles. The van der Waals surface area contributed by atoms with Crippen molar-refractivity contribution < 1.29 is 5.11 Å². The second-order valence-electron chi connectivity index (χ2n) is 3.80. The van der Waals surface area contributed by atoms with E-state index in [4.69, 9.17) is 46.4 Å². The molecule has 5 heteroatoms. The molecule has 0 spiro atoms. The van der Waals surface area contributed by atoms with Crippen molar-refractivity contribution in [3.8, 4) is 5.75 Å². The van der Waals surface area contributed by atoms with Gasteiger partial charge in [-0.25, -0.2) is 0 Å². The van der Waals surface area contributed by atoms with Crippen LogP contribution in [0.5, 0.6) is 5.75 Å². The lowest BCUT2D eigenvalue weighted by Gasteiger charge is -2.11. The van der Waals surface area contributed by atoms with E-state index in [0.717, 1.165) is 5.56 Å². The molecule has 0 heterocycles. The third-order valence-electron chi connectivity index (χ3n) is 2.55. The summed E-state index contributed by atoms with van der Waals surface area (Å²) >= 11 is 23.5. The van der Waals surface area contributed by atoms with Crippen molar-refractivity contribution >= 4 is 52.0 Å². The van der Waals surface area contributed by atoms with Gasteiger partial charge in [0.2, 0.25) is 0 Å². The molecule has 0 saturated heterocycles. The molecule has 0 bridgehead atoms. The Labute approximate surface area is 131 Å². The van der Waals surface area contributed by atoms with Gasteiger partial charge in [0, 0.05) is 21.2 Å². The minimum Gasteiger partial charge on any atom is -0.507 e. The zero-order chi connectivity index (χ0) is 14.0. The number of rotatable bonds is 2. The van der Waals surface area contributed by atoms with Crippen molar-refractivity contribution in [2.24, 2.45) is 0 Å². The van der Waals surface area contributed by atoms with E-state index in [9.17, 15) is 5.11 Å². The smallest absolute Gasteiger partial charge is 0.124 e. The first kappa shape index (κ1) is 14.5. The molecule has 1 N–H and O–H groups in total. The van der Waals surface area contributed by atoms with Gasteiger partial charge in [-0.2, -0.15) is 0 Å². The zero-order valence-corrected chi connectivity index (χ0v) is 12.5. The number of phenolic OH excluding ortho intramolecular Hbond substituents is 1. The van der Waals surface area contributed by atoms with Crippen LogP contribution >= 0.6 is 46.4 Å². The fraction of sp³-hybridized carbons (Fsp3) is 0. The third kappa shape index (κ3) is 3.37. The molecule has 0 aliphatic carbocycles. The van der Waals surface area contributed by atoms with E-state index in [1.54, 1.807) is 36.4 Å². The Hall–Kier alpha value is -0.860. The van der Waals surface area contributed by atoms with Gasteiger partial charge < -0.3 is 5.11 Å². The van der Waals surface area contributed by atoms with Crippen LogP contribution in [0.15, 0.2) is 47.0 Å². The monoisotopic (exact) mass is 332 g/mol. The average molecular weight is 334 g/mol. The highest BCUT2D eigenvalue weighted by Gasteiger charge is 2.14. The first-order valence-corrected chi connectivity index (χ1v) is 6.80. The van der Waals surface area contributed by atoms with Crippen LogP contribution < -0.4 is 0 Å². The molecule has 98 valence electrons. The summed E-state index contributed by atoms with van der Waals surface area (Å²) in [5, 5.41) is 11.0. The highest BCUT2D eigenvalue weighted by molar-refractivity contribution is 6.59. The van der Waals surface area contributed by atoms with Gasteiger partial charge >= 0.3 is 0 Å². The van der Waals surface area contributed by atoms with Crippen LogP contribution in [0.4, 0.5) is 0 Å². The quantitative estimate of drug-likeness (QED) is 0.726. The van der Waals surface area contributed by atoms with E-state index in [0.29, 0.717) is 21.2 Å². The highest BCUT2D eigenvalue weighted by atomic mass is 35.5. The third-order valence-corrected chi connectivity index (χ3v) is 3.42. The Kier molecular flexibility index (Phi) is 4.64. The number of benzene rings is 2. The lowest BCUT2D eigenvalue weighted by molar-refractivity contribution is 0.473. The first-order chi connectivity index (χ1) is 8.99. The molecule has 0 saturated carbocycles. The fourth-order valence-electron chi connectivity index (χ4n) is 1.70. The molecule has 0 radical (unpaired) electrons. The number of hydrogen-bond donors (Lipinski definition) is 1. The Bertz CT molecular complexity index is 628. The normalized spacial score (nSPS) is 10.3. The summed E-state index contributed by atoms with van der Waals surface area (Å²) in [5.74, 6) is 0.0104. The van der Waals surface area contributed by atoms with Crippen LogP contribution in [0.2, 0.25) is 10.0 Å². The topological polar surface area (TPSA) is 20.2 Å². The van der Waals surface area contributed by atoms with E-state index in [2.05, 4.69) is 0 Å². The SMILES string of the molecule is Oc1cc(Cl)ccc1C(=C(Cl)Cl)c1ccc(Cl)cc1. The van der Waals surface area contributed by atoms with Crippen LogP contribution in [0, 0.1) is 0 Å². The van der Waals surface area contributed by atoms with Gasteiger partial charge in [-0.15, -0.1) is 0 Å². The number of phenols is 1. The summed E-state index contributed by atoms with van der Waals surface area (Å²) < 4.78 is 0.0555. The Morgan fingerprint density at radius 3 is 1.95 bits per heavy atom. The van der Waals surface area contributed by atoms with Crippen LogP contribution in [-0.4, -0.2) is 5.11 Å². The molecule has 2 aromatic rings. The Morgan fingerprint density at radius 2 is 1.42 bits per heavy atom. The van der Waals surface area contributed by atoms with Crippen molar-refractivity contribution in [3.05, 3.63) is 68.1 Å². The van der Waals surface area contributed by atoms with Gasteiger partial charge in [-0.1, -0.05) is 58.5 Å². The van der Waals surface area contributed by atoms with Crippen molar-refractivity contribution in [2.45, 2.75) is 0 Å². The van der Waals surface area contributed by atoms with Crippen LogP contribution in [0.25, 0.3) is 5.57 Å². The molecule has 2 rings (SSSR count). The summed E-state index contributed by atoms with van der Waals surface area (Å²) in [7, 11) is 0. The van der Waals surface area contributed by atoms with Gasteiger partial charge in [-0.05, 0) is 35.9 Å². The second kappa shape index (κ2) is 6.06. The maximum atomic E-state index is 9.96. The maximum Gasteiger partial charge on any atom is 0.124 e. The molecule has 0 atom stereocenters. The van der Waals surface area contributed by atoms with E-state index in [1.165, 1.54) is 6.07 Å². The minimum absolute atomic E-state index is 0.0104. The van der Waals surface area contributed by atoms with Crippen LogP contribution in [-0.2, 0) is 0 Å². The molecular weight excluding hydrogens is 326 g/mol. The Morgan fingerprint density at radius 1 is 0.842 bits per heavy atom. The predicted octanol–water partition coefficient (Wildman–Crippen LogP) is 5.89. The minimum atomic E-state index is 0.0104. The first-order valence-electron chi connectivity index (χ1n) is 5.29. The second-order valence-corrected chi connectivity index (χ2v) is 5.63. The lowest BCUT2D eigenvalue weighted by Crippen LogP contribution is -1.90. The standard InChI is InChI=1S/C14H8Cl4O/c15-9-3-1-8(2-4-9)13(14(17)18)11-6-5-10(16)7-12(11)19/h1-7,19H.